The standard InChI is InChI=1S/C14H20ClN3.HI/c1-11(2)10-18-14(16)17-9-5-7-12-6-3-4-8-13(12)15;/h3-4,6,8H,1,5,7,9-10H2,2H3,(H3,16,17,18);1H. The minimum Gasteiger partial charge on any atom is -0.370 e. The third kappa shape index (κ3) is 8.10. The maximum atomic E-state index is 6.07. The molecule has 1 aromatic carbocycles. The van der Waals surface area contributed by atoms with Crippen LogP contribution in [-0.4, -0.2) is 19.0 Å². The molecule has 0 atom stereocenters. The van der Waals surface area contributed by atoms with E-state index in [1.165, 1.54) is 5.56 Å². The second-order valence-electron chi connectivity index (χ2n) is 4.28. The molecule has 1 aromatic rings. The van der Waals surface area contributed by atoms with Crippen molar-refractivity contribution in [2.24, 2.45) is 10.7 Å². The zero-order chi connectivity index (χ0) is 13.4. The molecule has 0 spiro atoms. The van der Waals surface area contributed by atoms with E-state index < -0.39 is 0 Å². The van der Waals surface area contributed by atoms with Crippen molar-refractivity contribution in [1.82, 2.24) is 5.32 Å². The second-order valence-corrected chi connectivity index (χ2v) is 4.69. The first-order valence-electron chi connectivity index (χ1n) is 6.01. The van der Waals surface area contributed by atoms with Crippen molar-refractivity contribution in [3.05, 3.63) is 47.0 Å². The lowest BCUT2D eigenvalue weighted by Crippen LogP contribution is -2.32. The van der Waals surface area contributed by atoms with Crippen molar-refractivity contribution < 1.29 is 0 Å². The summed E-state index contributed by atoms with van der Waals surface area (Å²) in [4.78, 5) is 4.14. The van der Waals surface area contributed by atoms with Crippen molar-refractivity contribution in [1.29, 1.82) is 0 Å². The zero-order valence-electron chi connectivity index (χ0n) is 11.2. The van der Waals surface area contributed by atoms with Gasteiger partial charge in [0.05, 0.1) is 6.54 Å². The topological polar surface area (TPSA) is 50.4 Å². The van der Waals surface area contributed by atoms with Gasteiger partial charge in [0.25, 0.3) is 0 Å². The number of benzene rings is 1. The minimum atomic E-state index is 0. The van der Waals surface area contributed by atoms with E-state index in [9.17, 15) is 0 Å². The molecule has 0 aromatic heterocycles. The Kier molecular flexibility index (Phi) is 9.69. The Labute approximate surface area is 137 Å². The molecule has 0 amide bonds. The van der Waals surface area contributed by atoms with Gasteiger partial charge in [0.1, 0.15) is 0 Å². The summed E-state index contributed by atoms with van der Waals surface area (Å²) >= 11 is 6.07. The molecule has 3 N–H and O–H groups in total. The molecule has 0 heterocycles. The summed E-state index contributed by atoms with van der Waals surface area (Å²) in [6.07, 6.45) is 1.90. The molecular formula is C14H21ClIN3. The molecule has 0 aliphatic carbocycles. The number of hydrogen-bond donors (Lipinski definition) is 2. The lowest BCUT2D eigenvalue weighted by molar-refractivity contribution is 0.767. The molecule has 1 rings (SSSR count). The summed E-state index contributed by atoms with van der Waals surface area (Å²) in [5.41, 5.74) is 7.86. The highest BCUT2D eigenvalue weighted by atomic mass is 127. The van der Waals surface area contributed by atoms with Crippen LogP contribution in [0.2, 0.25) is 5.02 Å². The van der Waals surface area contributed by atoms with Gasteiger partial charge >= 0.3 is 0 Å². The average molecular weight is 394 g/mol. The van der Waals surface area contributed by atoms with Crippen molar-refractivity contribution in [3.63, 3.8) is 0 Å². The predicted octanol–water partition coefficient (Wildman–Crippen LogP) is 3.37. The summed E-state index contributed by atoms with van der Waals surface area (Å²) < 4.78 is 0. The van der Waals surface area contributed by atoms with E-state index in [2.05, 4.69) is 16.9 Å². The van der Waals surface area contributed by atoms with E-state index in [4.69, 9.17) is 17.3 Å². The van der Waals surface area contributed by atoms with Gasteiger partial charge in [-0.05, 0) is 31.4 Å². The van der Waals surface area contributed by atoms with E-state index >= 15 is 0 Å². The predicted molar refractivity (Wildman–Crippen MR) is 94.5 cm³/mol. The van der Waals surface area contributed by atoms with Crippen LogP contribution >= 0.6 is 35.6 Å². The second kappa shape index (κ2) is 10.1. The summed E-state index contributed by atoms with van der Waals surface area (Å²) in [5, 5.41) is 3.89. The lowest BCUT2D eigenvalue weighted by Gasteiger charge is -2.06. The van der Waals surface area contributed by atoms with Gasteiger partial charge in [0.2, 0.25) is 0 Å². The number of guanidine groups is 1. The molecule has 0 bridgehead atoms. The van der Waals surface area contributed by atoms with Crippen LogP contribution in [0.1, 0.15) is 18.9 Å². The van der Waals surface area contributed by atoms with Gasteiger partial charge in [-0.2, -0.15) is 0 Å². The number of halogens is 2. The first kappa shape index (κ1) is 18.2. The van der Waals surface area contributed by atoms with Gasteiger partial charge in [-0.1, -0.05) is 42.0 Å². The largest absolute Gasteiger partial charge is 0.370 e. The molecule has 0 saturated carbocycles. The van der Waals surface area contributed by atoms with Gasteiger partial charge in [0, 0.05) is 11.6 Å². The number of rotatable bonds is 6. The Morgan fingerprint density at radius 1 is 1.42 bits per heavy atom. The molecule has 0 saturated heterocycles. The molecule has 0 aliphatic rings. The summed E-state index contributed by atoms with van der Waals surface area (Å²) in [7, 11) is 0. The van der Waals surface area contributed by atoms with E-state index in [0.717, 1.165) is 30.0 Å². The van der Waals surface area contributed by atoms with Crippen LogP contribution < -0.4 is 11.1 Å². The summed E-state index contributed by atoms with van der Waals surface area (Å²) in [6, 6.07) is 7.89. The van der Waals surface area contributed by atoms with Crippen molar-refractivity contribution in [3.8, 4) is 0 Å². The minimum absolute atomic E-state index is 0. The SMILES string of the molecule is C=C(C)CN=C(N)NCCCc1ccccc1Cl.I. The fraction of sp³-hybridized carbons (Fsp3) is 0.357. The fourth-order valence-electron chi connectivity index (χ4n) is 1.47. The highest BCUT2D eigenvalue weighted by molar-refractivity contribution is 14.0. The number of nitrogens with zero attached hydrogens (tertiary/aromatic N) is 1. The molecule has 106 valence electrons. The molecule has 5 heteroatoms. The van der Waals surface area contributed by atoms with E-state index in [0.29, 0.717) is 12.5 Å². The third-order valence-electron chi connectivity index (χ3n) is 2.41. The zero-order valence-corrected chi connectivity index (χ0v) is 14.2. The lowest BCUT2D eigenvalue weighted by atomic mass is 10.1. The van der Waals surface area contributed by atoms with Crippen LogP contribution in [-0.2, 0) is 6.42 Å². The van der Waals surface area contributed by atoms with E-state index in [1.54, 1.807) is 0 Å². The summed E-state index contributed by atoms with van der Waals surface area (Å²) in [6.45, 7) is 7.05. The van der Waals surface area contributed by atoms with Crippen LogP contribution in [0.25, 0.3) is 0 Å². The van der Waals surface area contributed by atoms with Crippen LogP contribution in [0.3, 0.4) is 0 Å². The Hall–Kier alpha value is -0.750. The van der Waals surface area contributed by atoms with Gasteiger partial charge in [0.15, 0.2) is 5.96 Å². The smallest absolute Gasteiger partial charge is 0.188 e. The highest BCUT2D eigenvalue weighted by Gasteiger charge is 1.98. The van der Waals surface area contributed by atoms with Crippen molar-refractivity contribution >= 4 is 41.5 Å². The molecule has 0 fully saturated rings. The van der Waals surface area contributed by atoms with Crippen molar-refractivity contribution in [2.75, 3.05) is 13.1 Å². The van der Waals surface area contributed by atoms with Crippen LogP contribution in [0.4, 0.5) is 0 Å². The Morgan fingerprint density at radius 2 is 2.11 bits per heavy atom. The first-order valence-corrected chi connectivity index (χ1v) is 6.39. The van der Waals surface area contributed by atoms with Crippen LogP contribution in [0.5, 0.6) is 0 Å². The molecule has 0 unspecified atom stereocenters. The maximum absolute atomic E-state index is 6.07. The quantitative estimate of drug-likeness (QED) is 0.256. The Bertz CT molecular complexity index is 432. The number of nitrogens with one attached hydrogen (secondary N) is 1. The average Bonchev–Trinajstić information content (AvgIpc) is 2.34. The van der Waals surface area contributed by atoms with Crippen molar-refractivity contribution in [2.45, 2.75) is 19.8 Å². The van der Waals surface area contributed by atoms with Gasteiger partial charge < -0.3 is 11.1 Å². The third-order valence-corrected chi connectivity index (χ3v) is 2.77. The maximum Gasteiger partial charge on any atom is 0.188 e. The highest BCUT2D eigenvalue weighted by Crippen LogP contribution is 2.16. The first-order chi connectivity index (χ1) is 8.59. The van der Waals surface area contributed by atoms with E-state index in [1.807, 2.05) is 31.2 Å². The number of aliphatic imine (C=N–C) groups is 1. The Morgan fingerprint density at radius 3 is 2.74 bits per heavy atom. The molecule has 3 nitrogen and oxygen atoms in total. The van der Waals surface area contributed by atoms with Gasteiger partial charge in [-0.25, -0.2) is 4.99 Å². The fourth-order valence-corrected chi connectivity index (χ4v) is 1.70. The summed E-state index contributed by atoms with van der Waals surface area (Å²) in [5.74, 6) is 0.470. The van der Waals surface area contributed by atoms with Gasteiger partial charge in [-0.15, -0.1) is 24.0 Å². The van der Waals surface area contributed by atoms with Crippen LogP contribution in [0, 0.1) is 0 Å². The van der Waals surface area contributed by atoms with Gasteiger partial charge in [-0.3, -0.25) is 0 Å². The number of hydrogen-bond acceptors (Lipinski definition) is 1. The number of aryl methyl sites for hydroxylation is 1. The molecule has 0 radical (unpaired) electrons. The van der Waals surface area contributed by atoms with E-state index in [-0.39, 0.29) is 24.0 Å². The Balaban J connectivity index is 0.00000324. The molecule has 19 heavy (non-hydrogen) atoms. The monoisotopic (exact) mass is 393 g/mol. The molecule has 0 aliphatic heterocycles. The normalized spacial score (nSPS) is 10.7. The number of nitrogens with two attached hydrogens (primary N) is 1. The molecular weight excluding hydrogens is 373 g/mol. The van der Waals surface area contributed by atoms with Crippen LogP contribution in [0.15, 0.2) is 41.4 Å².